The van der Waals surface area contributed by atoms with Gasteiger partial charge in [-0.3, -0.25) is 0 Å². The fourth-order valence-electron chi connectivity index (χ4n) is 2.29. The zero-order valence-electron chi connectivity index (χ0n) is 10.4. The summed E-state index contributed by atoms with van der Waals surface area (Å²) in [5.74, 6) is 0.293. The first-order valence-electron chi connectivity index (χ1n) is 6.14. The van der Waals surface area contributed by atoms with Crippen molar-refractivity contribution in [2.45, 2.75) is 44.4 Å². The van der Waals surface area contributed by atoms with Crippen LogP contribution in [0.5, 0.6) is 5.75 Å². The molecule has 1 aromatic rings. The minimum Gasteiger partial charge on any atom is -0.506 e. The maximum absolute atomic E-state index is 9.95. The summed E-state index contributed by atoms with van der Waals surface area (Å²) in [7, 11) is 0. The van der Waals surface area contributed by atoms with Gasteiger partial charge in [0.1, 0.15) is 5.75 Å². The third-order valence-corrected chi connectivity index (χ3v) is 4.45. The van der Waals surface area contributed by atoms with E-state index in [0.717, 1.165) is 35.7 Å². The highest BCUT2D eigenvalue weighted by Gasteiger charge is 2.19. The van der Waals surface area contributed by atoms with Gasteiger partial charge in [-0.25, -0.2) is 0 Å². The van der Waals surface area contributed by atoms with Gasteiger partial charge < -0.3 is 15.5 Å². The van der Waals surface area contributed by atoms with Crippen LogP contribution in [0.1, 0.15) is 31.2 Å². The monoisotopic (exact) mass is 413 g/mol. The van der Waals surface area contributed by atoms with Gasteiger partial charge in [-0.05, 0) is 53.7 Å². The molecule has 2 rings (SSSR count). The van der Waals surface area contributed by atoms with Crippen molar-refractivity contribution < 1.29 is 10.2 Å². The second kappa shape index (κ2) is 7.84. The normalized spacial score (nSPS) is 22.9. The number of rotatable bonds is 3. The van der Waals surface area contributed by atoms with Crippen LogP contribution in [0.3, 0.4) is 0 Å². The quantitative estimate of drug-likeness (QED) is 0.705. The molecule has 0 atom stereocenters. The number of hydrogen-bond acceptors (Lipinski definition) is 3. The van der Waals surface area contributed by atoms with Crippen LogP contribution in [-0.2, 0) is 6.54 Å². The fraction of sp³-hybridized carbons (Fsp3) is 0.538. The van der Waals surface area contributed by atoms with Crippen LogP contribution in [0, 0.1) is 0 Å². The number of phenolic OH excluding ortho intramolecular Hbond substituents is 1. The van der Waals surface area contributed by atoms with E-state index >= 15 is 0 Å². The first-order valence-corrected chi connectivity index (χ1v) is 7.73. The largest absolute Gasteiger partial charge is 0.506 e. The molecule has 0 radical (unpaired) electrons. The molecule has 108 valence electrons. The number of aromatic hydroxyl groups is 1. The Balaban J connectivity index is 0.00000180. The minimum atomic E-state index is -0.128. The molecule has 0 heterocycles. The second-order valence-corrected chi connectivity index (χ2v) is 6.55. The Morgan fingerprint density at radius 3 is 2.42 bits per heavy atom. The molecule has 6 heteroatoms. The van der Waals surface area contributed by atoms with E-state index < -0.39 is 0 Å². The van der Waals surface area contributed by atoms with Crippen molar-refractivity contribution in [3.8, 4) is 5.75 Å². The predicted octanol–water partition coefficient (Wildman–Crippen LogP) is 3.73. The van der Waals surface area contributed by atoms with E-state index in [4.69, 9.17) is 0 Å². The highest BCUT2D eigenvalue weighted by atomic mass is 79.9. The molecule has 3 nitrogen and oxygen atoms in total. The molecular formula is C13H18Br2ClNO2. The Hall–Kier alpha value is 0.190. The first kappa shape index (κ1) is 17.2. The Labute approximate surface area is 136 Å². The van der Waals surface area contributed by atoms with Gasteiger partial charge in [0.15, 0.2) is 0 Å². The Morgan fingerprint density at radius 2 is 1.79 bits per heavy atom. The van der Waals surface area contributed by atoms with Crippen LogP contribution >= 0.6 is 44.3 Å². The van der Waals surface area contributed by atoms with Crippen molar-refractivity contribution in [2.75, 3.05) is 0 Å². The molecule has 1 fully saturated rings. The van der Waals surface area contributed by atoms with Crippen LogP contribution in [-0.4, -0.2) is 22.4 Å². The predicted molar refractivity (Wildman–Crippen MR) is 85.9 cm³/mol. The van der Waals surface area contributed by atoms with Gasteiger partial charge in [0.2, 0.25) is 0 Å². The van der Waals surface area contributed by atoms with Gasteiger partial charge in [-0.15, -0.1) is 12.4 Å². The van der Waals surface area contributed by atoms with E-state index in [1.165, 1.54) is 0 Å². The summed E-state index contributed by atoms with van der Waals surface area (Å²) >= 11 is 6.75. The third kappa shape index (κ3) is 4.90. The maximum Gasteiger partial charge on any atom is 0.134 e. The Bertz CT molecular complexity index is 423. The van der Waals surface area contributed by atoms with Gasteiger partial charge in [-0.1, -0.05) is 15.9 Å². The standard InChI is InChI=1S/C13H17Br2NO2.ClH/c14-9-5-8(13(18)12(15)6-9)7-16-10-1-3-11(17)4-2-10;/h5-6,10-11,16-18H,1-4,7H2;1H/t10-,11-;. The molecule has 0 spiro atoms. The lowest BCUT2D eigenvalue weighted by Crippen LogP contribution is -2.34. The smallest absolute Gasteiger partial charge is 0.134 e. The lowest BCUT2D eigenvalue weighted by atomic mass is 9.93. The minimum absolute atomic E-state index is 0. The first-order chi connectivity index (χ1) is 8.56. The summed E-state index contributed by atoms with van der Waals surface area (Å²) in [5.41, 5.74) is 0.877. The summed E-state index contributed by atoms with van der Waals surface area (Å²) in [6.07, 6.45) is 3.60. The van der Waals surface area contributed by atoms with E-state index in [1.54, 1.807) is 0 Å². The molecule has 0 amide bonds. The summed E-state index contributed by atoms with van der Waals surface area (Å²) in [5, 5.41) is 22.8. The topological polar surface area (TPSA) is 52.5 Å². The molecule has 0 aliphatic heterocycles. The van der Waals surface area contributed by atoms with E-state index in [2.05, 4.69) is 37.2 Å². The van der Waals surface area contributed by atoms with Crippen LogP contribution < -0.4 is 5.32 Å². The zero-order valence-corrected chi connectivity index (χ0v) is 14.4. The molecule has 1 aliphatic carbocycles. The Kier molecular flexibility index (Phi) is 7.11. The van der Waals surface area contributed by atoms with Gasteiger partial charge >= 0.3 is 0 Å². The molecule has 0 saturated heterocycles. The summed E-state index contributed by atoms with van der Waals surface area (Å²) < 4.78 is 1.65. The molecule has 0 bridgehead atoms. The van der Waals surface area contributed by atoms with E-state index in [0.29, 0.717) is 22.8 Å². The number of halogens is 3. The number of aliphatic hydroxyl groups excluding tert-OH is 1. The Morgan fingerprint density at radius 1 is 1.16 bits per heavy atom. The van der Waals surface area contributed by atoms with E-state index in [1.807, 2.05) is 12.1 Å². The van der Waals surface area contributed by atoms with Crippen molar-refractivity contribution in [3.05, 3.63) is 26.6 Å². The number of aliphatic hydroxyl groups is 1. The number of phenols is 1. The molecule has 1 aliphatic rings. The summed E-state index contributed by atoms with van der Waals surface area (Å²) in [6, 6.07) is 4.19. The van der Waals surface area contributed by atoms with Crippen LogP contribution in [0.4, 0.5) is 0 Å². The van der Waals surface area contributed by atoms with Crippen LogP contribution in [0.25, 0.3) is 0 Å². The molecule has 1 aromatic carbocycles. The highest BCUT2D eigenvalue weighted by molar-refractivity contribution is 9.11. The van der Waals surface area contributed by atoms with E-state index in [9.17, 15) is 10.2 Å². The van der Waals surface area contributed by atoms with Gasteiger partial charge in [0.25, 0.3) is 0 Å². The second-order valence-electron chi connectivity index (χ2n) is 4.78. The van der Waals surface area contributed by atoms with Crippen molar-refractivity contribution in [1.82, 2.24) is 5.32 Å². The van der Waals surface area contributed by atoms with Crippen molar-refractivity contribution in [2.24, 2.45) is 0 Å². The maximum atomic E-state index is 9.95. The summed E-state index contributed by atoms with van der Waals surface area (Å²) in [4.78, 5) is 0. The van der Waals surface area contributed by atoms with Crippen molar-refractivity contribution in [1.29, 1.82) is 0 Å². The number of nitrogens with one attached hydrogen (secondary N) is 1. The van der Waals surface area contributed by atoms with Crippen LogP contribution in [0.2, 0.25) is 0 Å². The molecule has 1 saturated carbocycles. The lowest BCUT2D eigenvalue weighted by Gasteiger charge is -2.26. The number of benzene rings is 1. The SMILES string of the molecule is Cl.Oc1c(Br)cc(Br)cc1CN[C@H]1CC[C@H](O)CC1. The van der Waals surface area contributed by atoms with Crippen molar-refractivity contribution in [3.63, 3.8) is 0 Å². The fourth-order valence-corrected chi connectivity index (χ4v) is 3.60. The molecular weight excluding hydrogens is 397 g/mol. The van der Waals surface area contributed by atoms with Crippen LogP contribution in [0.15, 0.2) is 21.1 Å². The number of hydrogen-bond donors (Lipinski definition) is 3. The molecule has 19 heavy (non-hydrogen) atoms. The van der Waals surface area contributed by atoms with Gasteiger partial charge in [0, 0.05) is 22.6 Å². The van der Waals surface area contributed by atoms with E-state index in [-0.39, 0.29) is 18.5 Å². The molecule has 0 aromatic heterocycles. The van der Waals surface area contributed by atoms with Gasteiger partial charge in [0.05, 0.1) is 10.6 Å². The highest BCUT2D eigenvalue weighted by Crippen LogP contribution is 2.31. The third-order valence-electron chi connectivity index (χ3n) is 3.39. The zero-order chi connectivity index (χ0) is 13.1. The summed E-state index contributed by atoms with van der Waals surface area (Å²) in [6.45, 7) is 0.643. The average Bonchev–Trinajstić information content (AvgIpc) is 2.34. The lowest BCUT2D eigenvalue weighted by molar-refractivity contribution is 0.116. The molecule has 0 unspecified atom stereocenters. The van der Waals surface area contributed by atoms with Gasteiger partial charge in [-0.2, -0.15) is 0 Å². The average molecular weight is 416 g/mol. The molecule has 3 N–H and O–H groups in total. The van der Waals surface area contributed by atoms with Crippen molar-refractivity contribution >= 4 is 44.3 Å².